The number of benzene rings is 3. The predicted octanol–water partition coefficient (Wildman–Crippen LogP) is 4.48. The predicted molar refractivity (Wildman–Crippen MR) is 135 cm³/mol. The minimum absolute atomic E-state index is 0.190. The normalized spacial score (nSPS) is 11.6. The number of methoxy groups -OCH3 is 1. The molecule has 0 aliphatic carbocycles. The van der Waals surface area contributed by atoms with Crippen molar-refractivity contribution >= 4 is 38.1 Å². The number of fused-ring (bicyclic) bond motifs is 1. The maximum absolute atomic E-state index is 11.7. The van der Waals surface area contributed by atoms with Gasteiger partial charge in [-0.2, -0.15) is 10.1 Å². The van der Waals surface area contributed by atoms with E-state index in [1.807, 2.05) is 53.3 Å². The first-order chi connectivity index (χ1) is 16.8. The molecular formula is C25H23N5O4S. The number of ether oxygens (including phenoxy) is 1. The van der Waals surface area contributed by atoms with Gasteiger partial charge in [-0.25, -0.2) is 8.42 Å². The zero-order valence-electron chi connectivity index (χ0n) is 19.1. The van der Waals surface area contributed by atoms with E-state index in [0.717, 1.165) is 34.0 Å². The molecule has 2 heterocycles. The van der Waals surface area contributed by atoms with Crippen molar-refractivity contribution in [3.8, 4) is 17.2 Å². The molecule has 178 valence electrons. The van der Waals surface area contributed by atoms with E-state index < -0.39 is 9.84 Å². The van der Waals surface area contributed by atoms with Crippen molar-refractivity contribution in [2.45, 2.75) is 11.4 Å². The van der Waals surface area contributed by atoms with Crippen molar-refractivity contribution in [2.75, 3.05) is 24.4 Å². The number of nitrogens with two attached hydrogens (primary N) is 1. The summed E-state index contributed by atoms with van der Waals surface area (Å²) in [6.07, 6.45) is 3.11. The molecule has 10 heteroatoms. The standard InChI is InChI=1S/C25H23N5O4S/c1-33-18-10-6-16(7-11-18)14-30-15-21-20(4-3-5-22(21)29-30)24-28-23(26)25(34-24)27-17-8-12-19(13-9-17)35(2,31)32/h3-13,15,27H,14,26H2,1-2H3. The molecule has 35 heavy (non-hydrogen) atoms. The Morgan fingerprint density at radius 2 is 1.80 bits per heavy atom. The van der Waals surface area contributed by atoms with Crippen LogP contribution in [0.25, 0.3) is 22.4 Å². The Morgan fingerprint density at radius 3 is 2.49 bits per heavy atom. The van der Waals surface area contributed by atoms with Crippen molar-refractivity contribution in [3.63, 3.8) is 0 Å². The Kier molecular flexibility index (Phi) is 5.65. The Bertz CT molecular complexity index is 1600. The van der Waals surface area contributed by atoms with Crippen molar-refractivity contribution < 1.29 is 17.6 Å². The fourth-order valence-corrected chi connectivity index (χ4v) is 4.36. The van der Waals surface area contributed by atoms with Crippen LogP contribution in [0.15, 0.2) is 82.2 Å². The molecule has 5 aromatic rings. The van der Waals surface area contributed by atoms with Crippen LogP contribution in [0.4, 0.5) is 17.4 Å². The van der Waals surface area contributed by atoms with Crippen LogP contribution >= 0.6 is 0 Å². The number of rotatable bonds is 7. The van der Waals surface area contributed by atoms with Crippen LogP contribution in [0.5, 0.6) is 5.75 Å². The Hall–Kier alpha value is -4.31. The van der Waals surface area contributed by atoms with Gasteiger partial charge in [0.15, 0.2) is 15.7 Å². The largest absolute Gasteiger partial charge is 0.497 e. The first kappa shape index (κ1) is 22.5. The summed E-state index contributed by atoms with van der Waals surface area (Å²) in [5.41, 5.74) is 9.38. The monoisotopic (exact) mass is 489 g/mol. The highest BCUT2D eigenvalue weighted by molar-refractivity contribution is 7.90. The summed E-state index contributed by atoms with van der Waals surface area (Å²) < 4.78 is 36.4. The molecule has 0 bridgehead atoms. The van der Waals surface area contributed by atoms with E-state index in [4.69, 9.17) is 14.9 Å². The van der Waals surface area contributed by atoms with Gasteiger partial charge in [0.1, 0.15) is 5.75 Å². The highest BCUT2D eigenvalue weighted by Crippen LogP contribution is 2.33. The molecule has 0 unspecified atom stereocenters. The second kappa shape index (κ2) is 8.80. The quantitative estimate of drug-likeness (QED) is 0.343. The van der Waals surface area contributed by atoms with Crippen molar-refractivity contribution in [1.29, 1.82) is 0 Å². The van der Waals surface area contributed by atoms with Crippen LogP contribution in [0, 0.1) is 0 Å². The van der Waals surface area contributed by atoms with Gasteiger partial charge in [-0.15, -0.1) is 0 Å². The van der Waals surface area contributed by atoms with Crippen LogP contribution < -0.4 is 15.8 Å². The van der Waals surface area contributed by atoms with Crippen LogP contribution in [-0.2, 0) is 16.4 Å². The molecule has 0 atom stereocenters. The number of hydrogen-bond donors (Lipinski definition) is 2. The highest BCUT2D eigenvalue weighted by Gasteiger charge is 2.17. The molecule has 0 aliphatic heterocycles. The van der Waals surface area contributed by atoms with Gasteiger partial charge in [0.2, 0.25) is 11.8 Å². The first-order valence-corrected chi connectivity index (χ1v) is 12.6. The van der Waals surface area contributed by atoms with Gasteiger partial charge >= 0.3 is 0 Å². The molecule has 0 saturated carbocycles. The average molecular weight is 490 g/mol. The van der Waals surface area contributed by atoms with E-state index in [1.165, 1.54) is 12.1 Å². The van der Waals surface area contributed by atoms with E-state index in [9.17, 15) is 8.42 Å². The van der Waals surface area contributed by atoms with Crippen molar-refractivity contribution in [2.24, 2.45) is 0 Å². The summed E-state index contributed by atoms with van der Waals surface area (Å²) in [5.74, 6) is 1.62. The van der Waals surface area contributed by atoms with Crippen LogP contribution in [0.3, 0.4) is 0 Å². The minimum Gasteiger partial charge on any atom is -0.497 e. The van der Waals surface area contributed by atoms with Gasteiger partial charge in [-0.3, -0.25) is 4.68 Å². The molecular weight excluding hydrogens is 466 g/mol. The van der Waals surface area contributed by atoms with Gasteiger partial charge in [-0.1, -0.05) is 18.2 Å². The van der Waals surface area contributed by atoms with Crippen molar-refractivity contribution in [1.82, 2.24) is 14.8 Å². The lowest BCUT2D eigenvalue weighted by Gasteiger charge is -2.04. The Labute approximate surface area is 202 Å². The van der Waals surface area contributed by atoms with Crippen LogP contribution in [-0.4, -0.2) is 36.5 Å². The van der Waals surface area contributed by atoms with E-state index >= 15 is 0 Å². The SMILES string of the molecule is COc1ccc(Cn2cc3c(-c4nc(N)c(Nc5ccc(S(C)(=O)=O)cc5)o4)cccc3n2)cc1. The summed E-state index contributed by atoms with van der Waals surface area (Å²) in [5, 5.41) is 8.62. The third kappa shape index (κ3) is 4.69. The molecule has 0 aliphatic rings. The van der Waals surface area contributed by atoms with Gasteiger partial charge < -0.3 is 20.2 Å². The fourth-order valence-electron chi connectivity index (χ4n) is 3.73. The average Bonchev–Trinajstić information content (AvgIpc) is 3.42. The second-order valence-corrected chi connectivity index (χ2v) is 10.1. The number of hydrogen-bond acceptors (Lipinski definition) is 8. The molecule has 3 aromatic carbocycles. The summed E-state index contributed by atoms with van der Waals surface area (Å²) >= 11 is 0. The number of oxazole rings is 1. The molecule has 0 saturated heterocycles. The number of nitrogens with zero attached hydrogens (tertiary/aromatic N) is 3. The molecule has 0 radical (unpaired) electrons. The maximum atomic E-state index is 11.7. The molecule has 2 aromatic heterocycles. The lowest BCUT2D eigenvalue weighted by Crippen LogP contribution is -1.99. The third-order valence-corrected chi connectivity index (χ3v) is 6.65. The first-order valence-electron chi connectivity index (χ1n) is 10.7. The van der Waals surface area contributed by atoms with Gasteiger partial charge in [0, 0.05) is 29.1 Å². The summed E-state index contributed by atoms with van der Waals surface area (Å²) in [7, 11) is -1.64. The number of nitrogen functional groups attached to an aromatic ring is 1. The molecule has 3 N–H and O–H groups in total. The van der Waals surface area contributed by atoms with E-state index in [-0.39, 0.29) is 16.6 Å². The molecule has 5 rings (SSSR count). The van der Waals surface area contributed by atoms with E-state index in [0.29, 0.717) is 18.1 Å². The lowest BCUT2D eigenvalue weighted by atomic mass is 10.1. The van der Waals surface area contributed by atoms with Gasteiger partial charge in [-0.05, 0) is 54.1 Å². The Morgan fingerprint density at radius 1 is 1.06 bits per heavy atom. The zero-order chi connectivity index (χ0) is 24.6. The van der Waals surface area contributed by atoms with Crippen LogP contribution in [0.2, 0.25) is 0 Å². The summed E-state index contributed by atoms with van der Waals surface area (Å²) in [4.78, 5) is 4.63. The topological polar surface area (TPSA) is 125 Å². The fraction of sp³-hybridized carbons (Fsp3) is 0.120. The maximum Gasteiger partial charge on any atom is 0.242 e. The van der Waals surface area contributed by atoms with Crippen LogP contribution in [0.1, 0.15) is 5.56 Å². The lowest BCUT2D eigenvalue weighted by molar-refractivity contribution is 0.414. The molecule has 0 fully saturated rings. The number of aromatic nitrogens is 3. The highest BCUT2D eigenvalue weighted by atomic mass is 32.2. The van der Waals surface area contributed by atoms with Crippen molar-refractivity contribution in [3.05, 3.63) is 78.5 Å². The molecule has 9 nitrogen and oxygen atoms in total. The Balaban J connectivity index is 1.41. The number of anilines is 3. The van der Waals surface area contributed by atoms with Gasteiger partial charge in [0.25, 0.3) is 0 Å². The minimum atomic E-state index is -3.28. The van der Waals surface area contributed by atoms with E-state index in [1.54, 1.807) is 19.2 Å². The summed E-state index contributed by atoms with van der Waals surface area (Å²) in [6, 6.07) is 19.9. The van der Waals surface area contributed by atoms with Gasteiger partial charge in [0.05, 0.1) is 24.1 Å². The third-order valence-electron chi connectivity index (χ3n) is 5.53. The van der Waals surface area contributed by atoms with E-state index in [2.05, 4.69) is 15.4 Å². The number of sulfone groups is 1. The summed E-state index contributed by atoms with van der Waals surface area (Å²) in [6.45, 7) is 0.599. The smallest absolute Gasteiger partial charge is 0.242 e. The molecule has 0 amide bonds. The number of nitrogens with one attached hydrogen (secondary N) is 1. The second-order valence-electron chi connectivity index (χ2n) is 8.07. The zero-order valence-corrected chi connectivity index (χ0v) is 19.9. The molecule has 0 spiro atoms.